The van der Waals surface area contributed by atoms with E-state index in [1.165, 1.54) is 104 Å². The van der Waals surface area contributed by atoms with E-state index in [4.69, 9.17) is 9.15 Å². The molecule has 0 bridgehead atoms. The number of benzene rings is 1. The summed E-state index contributed by atoms with van der Waals surface area (Å²) in [6.45, 7) is 4.69. The van der Waals surface area contributed by atoms with E-state index in [1.807, 2.05) is 6.08 Å². The molecule has 6 heterocycles. The highest BCUT2D eigenvalue weighted by molar-refractivity contribution is 5.90. The van der Waals surface area contributed by atoms with Crippen LogP contribution in [-0.2, 0) is 22.4 Å². The Hall–Kier alpha value is -3.47. The van der Waals surface area contributed by atoms with Crippen LogP contribution in [0.1, 0.15) is 68.3 Å². The van der Waals surface area contributed by atoms with Crippen molar-refractivity contribution in [1.82, 2.24) is 4.90 Å². The maximum Gasteiger partial charge on any atom is 0.146 e. The van der Waals surface area contributed by atoms with Gasteiger partial charge in [-0.25, -0.2) is 0 Å². The molecular formula is C35H38N2O3. The van der Waals surface area contributed by atoms with Crippen molar-refractivity contribution in [2.45, 2.75) is 70.3 Å². The van der Waals surface area contributed by atoms with E-state index >= 15 is 0 Å². The van der Waals surface area contributed by atoms with Crippen molar-refractivity contribution < 1.29 is 13.9 Å². The molecule has 2 unspecified atom stereocenters. The first kappa shape index (κ1) is 24.3. The molecule has 0 saturated carbocycles. The number of furan rings is 1. The van der Waals surface area contributed by atoms with E-state index in [2.05, 4.69) is 46.2 Å². The molecule has 1 aromatic carbocycles. The van der Waals surface area contributed by atoms with Crippen LogP contribution in [0.15, 0.2) is 69.0 Å². The number of carbonyl (C=O) groups is 1. The zero-order chi connectivity index (χ0) is 26.6. The molecule has 5 aliphatic heterocycles. The second-order valence-electron chi connectivity index (χ2n) is 12.3. The molecule has 5 heteroatoms. The van der Waals surface area contributed by atoms with Crippen molar-refractivity contribution >= 4 is 29.0 Å². The lowest BCUT2D eigenvalue weighted by atomic mass is 9.79. The Balaban J connectivity index is 0.960. The minimum absolute atomic E-state index is 0.106. The molecule has 2 aromatic rings. The predicted octanol–water partition coefficient (Wildman–Crippen LogP) is 7.03. The van der Waals surface area contributed by atoms with Crippen molar-refractivity contribution in [3.8, 4) is 0 Å². The SMILES string of the molecule is O=C/C(=C\C1=CC2C=C3CCCN4CCCC(=C34)C2O1)CC/C=C/c1cc2cc3c4c(c2o1)CCCN4CCC3. The fourth-order valence-corrected chi connectivity index (χ4v) is 8.10. The number of ether oxygens (including phenoxy) is 1. The minimum atomic E-state index is 0.106. The summed E-state index contributed by atoms with van der Waals surface area (Å²) in [7, 11) is 0. The van der Waals surface area contributed by atoms with Crippen molar-refractivity contribution in [3.63, 3.8) is 0 Å². The molecular weight excluding hydrogens is 496 g/mol. The fourth-order valence-electron chi connectivity index (χ4n) is 8.10. The lowest BCUT2D eigenvalue weighted by Crippen LogP contribution is -2.39. The van der Waals surface area contributed by atoms with Crippen LogP contribution in [0, 0.1) is 5.92 Å². The summed E-state index contributed by atoms with van der Waals surface area (Å²) < 4.78 is 12.8. The maximum atomic E-state index is 12.0. The van der Waals surface area contributed by atoms with E-state index < -0.39 is 0 Å². The predicted molar refractivity (Wildman–Crippen MR) is 159 cm³/mol. The summed E-state index contributed by atoms with van der Waals surface area (Å²) in [5.74, 6) is 2.05. The largest absolute Gasteiger partial charge is 0.485 e. The summed E-state index contributed by atoms with van der Waals surface area (Å²) in [5.41, 5.74) is 10.7. The third-order valence-corrected chi connectivity index (χ3v) is 9.76. The van der Waals surface area contributed by atoms with Crippen LogP contribution in [0.4, 0.5) is 5.69 Å². The third-order valence-electron chi connectivity index (χ3n) is 9.76. The Bertz CT molecular complexity index is 1530. The lowest BCUT2D eigenvalue weighted by molar-refractivity contribution is -0.105. The summed E-state index contributed by atoms with van der Waals surface area (Å²) in [4.78, 5) is 17.1. The molecule has 40 heavy (non-hydrogen) atoms. The zero-order valence-electron chi connectivity index (χ0n) is 23.3. The number of hydrogen-bond acceptors (Lipinski definition) is 5. The highest BCUT2D eigenvalue weighted by Gasteiger charge is 2.40. The summed E-state index contributed by atoms with van der Waals surface area (Å²) in [6, 6.07) is 4.53. The van der Waals surface area contributed by atoms with Gasteiger partial charge in [0.15, 0.2) is 0 Å². The lowest BCUT2D eigenvalue weighted by Gasteiger charge is -2.43. The number of nitrogens with zero attached hydrogens (tertiary/aromatic N) is 2. The van der Waals surface area contributed by atoms with Crippen molar-refractivity contribution in [3.05, 3.63) is 81.5 Å². The van der Waals surface area contributed by atoms with Gasteiger partial charge >= 0.3 is 0 Å². The number of aryl methyl sites for hydroxylation is 2. The number of piperidine rings is 1. The van der Waals surface area contributed by atoms with Gasteiger partial charge < -0.3 is 19.0 Å². The number of carbonyl (C=O) groups excluding carboxylic acids is 1. The van der Waals surface area contributed by atoms with E-state index in [0.29, 0.717) is 12.3 Å². The maximum absolute atomic E-state index is 12.0. The molecule has 1 aromatic heterocycles. The average molecular weight is 535 g/mol. The van der Waals surface area contributed by atoms with Crippen LogP contribution in [0.2, 0.25) is 0 Å². The standard InChI is InChI=1S/C35H38N2O3/c38-22-23(17-29-21-27-19-25-9-4-14-37-16-6-12-31(33(25)37)35(27)40-29)7-1-2-10-28-20-26-18-24-8-3-13-36-15-5-11-30(32(24)36)34(26)39-28/h2,10,17-22,27,35H,1,3-9,11-16H2/b10-2+,23-17-. The van der Waals surface area contributed by atoms with Crippen molar-refractivity contribution in [2.24, 2.45) is 5.92 Å². The zero-order valence-corrected chi connectivity index (χ0v) is 23.3. The first-order chi connectivity index (χ1) is 19.7. The van der Waals surface area contributed by atoms with Gasteiger partial charge in [-0.15, -0.1) is 0 Å². The number of anilines is 1. The van der Waals surface area contributed by atoms with Crippen LogP contribution < -0.4 is 4.90 Å². The molecule has 0 amide bonds. The summed E-state index contributed by atoms with van der Waals surface area (Å²) in [5, 5.41) is 1.23. The number of allylic oxidation sites excluding steroid dienone is 4. The second-order valence-corrected chi connectivity index (χ2v) is 12.3. The first-order valence-electron chi connectivity index (χ1n) is 15.5. The molecule has 5 nitrogen and oxygen atoms in total. The molecule has 0 spiro atoms. The molecule has 206 valence electrons. The van der Waals surface area contributed by atoms with Gasteiger partial charge in [0, 0.05) is 54.4 Å². The minimum Gasteiger partial charge on any atom is -0.485 e. The number of fused-ring (bicyclic) bond motifs is 4. The quantitative estimate of drug-likeness (QED) is 0.294. The topological polar surface area (TPSA) is 45.9 Å². The van der Waals surface area contributed by atoms with E-state index in [0.717, 1.165) is 48.2 Å². The van der Waals surface area contributed by atoms with Crippen molar-refractivity contribution in [2.75, 3.05) is 31.1 Å². The summed E-state index contributed by atoms with van der Waals surface area (Å²) >= 11 is 0. The van der Waals surface area contributed by atoms with Crippen LogP contribution >= 0.6 is 0 Å². The van der Waals surface area contributed by atoms with Gasteiger partial charge in [-0.05, 0) is 117 Å². The second kappa shape index (κ2) is 9.87. The molecule has 1 saturated heterocycles. The molecule has 0 radical (unpaired) electrons. The van der Waals surface area contributed by atoms with Gasteiger partial charge in [0.25, 0.3) is 0 Å². The van der Waals surface area contributed by atoms with Crippen LogP contribution in [0.25, 0.3) is 17.0 Å². The van der Waals surface area contributed by atoms with E-state index in [-0.39, 0.29) is 6.10 Å². The Morgan fingerprint density at radius 3 is 2.67 bits per heavy atom. The van der Waals surface area contributed by atoms with E-state index in [1.54, 1.807) is 0 Å². The van der Waals surface area contributed by atoms with E-state index in [9.17, 15) is 4.79 Å². The highest BCUT2D eigenvalue weighted by Crippen LogP contribution is 2.46. The number of hydrogen-bond donors (Lipinski definition) is 0. The molecule has 1 aliphatic carbocycles. The molecule has 2 atom stereocenters. The van der Waals surface area contributed by atoms with Gasteiger partial charge in [0.05, 0.1) is 0 Å². The average Bonchev–Trinajstić information content (AvgIpc) is 3.59. The Morgan fingerprint density at radius 2 is 1.77 bits per heavy atom. The van der Waals surface area contributed by atoms with Crippen molar-refractivity contribution in [1.29, 1.82) is 0 Å². The molecule has 1 fully saturated rings. The Morgan fingerprint density at radius 1 is 0.950 bits per heavy atom. The number of aldehydes is 1. The normalized spacial score (nSPS) is 25.4. The third kappa shape index (κ3) is 4.08. The number of rotatable bonds is 6. The van der Waals surface area contributed by atoms with Gasteiger partial charge in [0.1, 0.15) is 29.5 Å². The smallest absolute Gasteiger partial charge is 0.146 e. The van der Waals surface area contributed by atoms with Crippen LogP contribution in [-0.4, -0.2) is 43.5 Å². The molecule has 6 aliphatic rings. The van der Waals surface area contributed by atoms with Crippen LogP contribution in [0.3, 0.4) is 0 Å². The fraction of sp³-hybridized carbons (Fsp3) is 0.457. The summed E-state index contributed by atoms with van der Waals surface area (Å²) in [6.07, 6.45) is 22.9. The van der Waals surface area contributed by atoms with Gasteiger partial charge in [0.2, 0.25) is 0 Å². The molecule has 0 N–H and O–H groups in total. The monoisotopic (exact) mass is 534 g/mol. The highest BCUT2D eigenvalue weighted by atomic mass is 16.5. The van der Waals surface area contributed by atoms with Gasteiger partial charge in [-0.2, -0.15) is 0 Å². The first-order valence-corrected chi connectivity index (χ1v) is 15.5. The Labute approximate surface area is 236 Å². The molecule has 8 rings (SSSR count). The van der Waals surface area contributed by atoms with Crippen LogP contribution in [0.5, 0.6) is 0 Å². The van der Waals surface area contributed by atoms with Gasteiger partial charge in [-0.3, -0.25) is 4.79 Å². The Kier molecular flexibility index (Phi) is 6.00. The van der Waals surface area contributed by atoms with Gasteiger partial charge in [-0.1, -0.05) is 12.2 Å².